The van der Waals surface area contributed by atoms with Crippen LogP contribution in [-0.4, -0.2) is 46.3 Å². The Labute approximate surface area is 214 Å². The van der Waals surface area contributed by atoms with Crippen molar-refractivity contribution in [2.75, 3.05) is 61.7 Å². The van der Waals surface area contributed by atoms with Crippen LogP contribution in [0.4, 0.5) is 57.9 Å². The molecule has 0 aliphatic heterocycles. The van der Waals surface area contributed by atoms with E-state index in [0.29, 0.717) is 5.69 Å². The lowest BCUT2D eigenvalue weighted by Crippen LogP contribution is -2.40. The second kappa shape index (κ2) is 10.9. The number of nitrogens with one attached hydrogen (secondary N) is 2. The molecule has 0 radical (unpaired) electrons. The van der Waals surface area contributed by atoms with E-state index in [4.69, 9.17) is 0 Å². The van der Waals surface area contributed by atoms with Gasteiger partial charge in [0, 0.05) is 58.6 Å². The first-order chi connectivity index (χ1) is 17.7. The number of benzene rings is 2. The van der Waals surface area contributed by atoms with E-state index in [1.807, 2.05) is 0 Å². The normalized spacial score (nSPS) is 11.5. The molecule has 1 aromatic heterocycles. The Morgan fingerprint density at radius 3 is 1.37 bits per heavy atom. The number of hydrogen-bond donors (Lipinski definition) is 2. The third-order valence-electron chi connectivity index (χ3n) is 5.97. The Morgan fingerprint density at radius 1 is 0.632 bits per heavy atom. The summed E-state index contributed by atoms with van der Waals surface area (Å²) in [5, 5.41) is 5.15. The molecule has 38 heavy (non-hydrogen) atoms. The number of rotatable bonds is 9. The zero-order valence-corrected chi connectivity index (χ0v) is 21.1. The minimum Gasteiger partial charge on any atom is -0.380 e. The molecule has 0 saturated carbocycles. The second-order valence-electron chi connectivity index (χ2n) is 9.23. The van der Waals surface area contributed by atoms with Crippen LogP contribution in [0.25, 0.3) is 0 Å². The van der Waals surface area contributed by atoms with Crippen LogP contribution in [0.5, 0.6) is 0 Å². The fourth-order valence-corrected chi connectivity index (χ4v) is 3.93. The Balaban J connectivity index is 2.06. The zero-order valence-electron chi connectivity index (χ0n) is 21.1. The van der Waals surface area contributed by atoms with E-state index in [1.54, 1.807) is 25.1 Å². The van der Waals surface area contributed by atoms with Crippen LogP contribution in [0.2, 0.25) is 0 Å². The molecule has 2 aromatic carbocycles. The van der Waals surface area contributed by atoms with Crippen LogP contribution in [-0.2, 0) is 5.41 Å². The van der Waals surface area contributed by atoms with Gasteiger partial charge >= 0.3 is 0 Å². The van der Waals surface area contributed by atoms with Crippen molar-refractivity contribution in [2.24, 2.45) is 0 Å². The maximum Gasteiger partial charge on any atom is 0.199 e. The third-order valence-corrected chi connectivity index (χ3v) is 5.97. The monoisotopic (exact) mass is 547 g/mol. The molecule has 0 atom stereocenters. The molecule has 0 aliphatic rings. The third kappa shape index (κ3) is 5.14. The molecule has 206 valence electrons. The van der Waals surface area contributed by atoms with Gasteiger partial charge in [0.25, 0.3) is 0 Å². The van der Waals surface area contributed by atoms with Crippen molar-refractivity contribution in [3.8, 4) is 0 Å². The molecule has 0 saturated heterocycles. The lowest BCUT2D eigenvalue weighted by atomic mass is 9.85. The van der Waals surface area contributed by atoms with Crippen LogP contribution in [0.15, 0.2) is 24.4 Å². The van der Waals surface area contributed by atoms with Gasteiger partial charge in [0.05, 0.1) is 0 Å². The fraction of sp³-hybridized carbons (Fsp3) is 0.320. The highest BCUT2D eigenvalue weighted by molar-refractivity contribution is 5.73. The summed E-state index contributed by atoms with van der Waals surface area (Å²) in [6.45, 7) is 0.886. The summed E-state index contributed by atoms with van der Waals surface area (Å²) >= 11 is 0. The maximum absolute atomic E-state index is 14.7. The van der Waals surface area contributed by atoms with Gasteiger partial charge in [-0.05, 0) is 12.1 Å². The predicted molar refractivity (Wildman–Crippen MR) is 130 cm³/mol. The number of hydrogen-bond acceptors (Lipinski definition) is 5. The SMILES string of the molecule is CN(C)c1c(F)c(F)c(F)c(F)c1NCC(C)(CNc1c(F)c(F)c(F)c(F)c1N(C)C)c1ccccn1. The van der Waals surface area contributed by atoms with Gasteiger partial charge in [-0.2, -0.15) is 0 Å². The summed E-state index contributed by atoms with van der Waals surface area (Å²) < 4.78 is 114. The quantitative estimate of drug-likeness (QED) is 0.201. The molecule has 3 rings (SSSR count). The summed E-state index contributed by atoms with van der Waals surface area (Å²) in [5.41, 5.74) is -3.52. The van der Waals surface area contributed by atoms with Crippen LogP contribution in [0.3, 0.4) is 0 Å². The van der Waals surface area contributed by atoms with Crippen LogP contribution in [0.1, 0.15) is 12.6 Å². The van der Waals surface area contributed by atoms with E-state index in [1.165, 1.54) is 34.4 Å². The van der Waals surface area contributed by atoms with E-state index in [9.17, 15) is 35.1 Å². The predicted octanol–water partition coefficient (Wildman–Crippen LogP) is 5.81. The number of pyridine rings is 1. The molecular formula is C25H25F8N5. The Morgan fingerprint density at radius 2 is 1.03 bits per heavy atom. The van der Waals surface area contributed by atoms with Gasteiger partial charge in [0.1, 0.15) is 22.7 Å². The zero-order chi connectivity index (χ0) is 28.5. The summed E-state index contributed by atoms with van der Waals surface area (Å²) in [4.78, 5) is 6.32. The molecule has 0 spiro atoms. The summed E-state index contributed by atoms with van der Waals surface area (Å²) in [6, 6.07) is 4.74. The number of aromatic nitrogens is 1. The van der Waals surface area contributed by atoms with E-state index in [2.05, 4.69) is 15.6 Å². The smallest absolute Gasteiger partial charge is 0.199 e. The van der Waals surface area contributed by atoms with Crippen molar-refractivity contribution < 1.29 is 35.1 Å². The lowest BCUT2D eigenvalue weighted by Gasteiger charge is -2.32. The van der Waals surface area contributed by atoms with Crippen molar-refractivity contribution in [1.82, 2.24) is 4.98 Å². The maximum atomic E-state index is 14.7. The Hall–Kier alpha value is -3.77. The Kier molecular flexibility index (Phi) is 8.27. The summed E-state index contributed by atoms with van der Waals surface area (Å²) in [5.74, 6) is -14.6. The molecule has 0 bridgehead atoms. The van der Waals surface area contributed by atoms with Gasteiger partial charge in [-0.15, -0.1) is 0 Å². The molecule has 13 heteroatoms. The van der Waals surface area contributed by atoms with Gasteiger partial charge in [-0.1, -0.05) is 13.0 Å². The number of nitrogens with zero attached hydrogens (tertiary/aromatic N) is 3. The van der Waals surface area contributed by atoms with Gasteiger partial charge in [0.15, 0.2) is 46.5 Å². The average molecular weight is 547 g/mol. The van der Waals surface area contributed by atoms with Gasteiger partial charge in [-0.25, -0.2) is 35.1 Å². The molecule has 2 N–H and O–H groups in total. The van der Waals surface area contributed by atoms with E-state index in [-0.39, 0.29) is 13.1 Å². The van der Waals surface area contributed by atoms with Crippen molar-refractivity contribution in [2.45, 2.75) is 12.3 Å². The summed E-state index contributed by atoms with van der Waals surface area (Å²) in [7, 11) is 5.18. The number of anilines is 4. The lowest BCUT2D eigenvalue weighted by molar-refractivity contribution is 0.409. The first kappa shape index (κ1) is 28.8. The molecule has 5 nitrogen and oxygen atoms in total. The van der Waals surface area contributed by atoms with Crippen LogP contribution >= 0.6 is 0 Å². The van der Waals surface area contributed by atoms with Crippen LogP contribution < -0.4 is 20.4 Å². The van der Waals surface area contributed by atoms with Crippen molar-refractivity contribution in [1.29, 1.82) is 0 Å². The fourth-order valence-electron chi connectivity index (χ4n) is 3.93. The van der Waals surface area contributed by atoms with E-state index < -0.39 is 74.7 Å². The van der Waals surface area contributed by atoms with Gasteiger partial charge in [-0.3, -0.25) is 4.98 Å². The first-order valence-corrected chi connectivity index (χ1v) is 11.2. The van der Waals surface area contributed by atoms with Crippen molar-refractivity contribution >= 4 is 22.7 Å². The number of halogens is 8. The molecule has 0 fully saturated rings. The second-order valence-corrected chi connectivity index (χ2v) is 9.23. The average Bonchev–Trinajstić information content (AvgIpc) is 2.88. The molecule has 1 heterocycles. The molecule has 0 amide bonds. The molecule has 0 unspecified atom stereocenters. The minimum atomic E-state index is -2.02. The topological polar surface area (TPSA) is 43.4 Å². The van der Waals surface area contributed by atoms with Crippen LogP contribution in [0, 0.1) is 46.5 Å². The molecule has 0 aliphatic carbocycles. The minimum absolute atomic E-state index is 0.310. The standard InChI is InChI=1S/C25H25F8N5/c1-25(12-8-6-7-9-34-12,10-35-21-17(30)13(26)15(28)19(32)23(21)37(2)3)11-36-22-18(31)14(27)16(29)20(33)24(22)38(4)5/h6-9,35-36H,10-11H2,1-5H3. The molecular weight excluding hydrogens is 522 g/mol. The van der Waals surface area contributed by atoms with Crippen molar-refractivity contribution in [3.63, 3.8) is 0 Å². The van der Waals surface area contributed by atoms with E-state index in [0.717, 1.165) is 9.80 Å². The van der Waals surface area contributed by atoms with Gasteiger partial charge < -0.3 is 20.4 Å². The highest BCUT2D eigenvalue weighted by atomic mass is 19.2. The Bertz CT molecular complexity index is 1250. The van der Waals surface area contributed by atoms with Crippen molar-refractivity contribution in [3.05, 3.63) is 76.6 Å². The summed E-state index contributed by atoms with van der Waals surface area (Å²) in [6.07, 6.45) is 1.42. The van der Waals surface area contributed by atoms with Gasteiger partial charge in [0.2, 0.25) is 0 Å². The molecule has 3 aromatic rings. The first-order valence-electron chi connectivity index (χ1n) is 11.2. The highest BCUT2D eigenvalue weighted by Crippen LogP contribution is 2.38. The highest BCUT2D eigenvalue weighted by Gasteiger charge is 2.34. The van der Waals surface area contributed by atoms with E-state index >= 15 is 0 Å². The largest absolute Gasteiger partial charge is 0.380 e.